The number of halogens is 1. The van der Waals surface area contributed by atoms with Crippen LogP contribution in [0.2, 0.25) is 0 Å². The molecule has 0 atom stereocenters. The molecule has 1 rings (SSSR count). The zero-order chi connectivity index (χ0) is 12.9. The number of nitrogens with one attached hydrogen (secondary N) is 1. The number of hydrogen-bond acceptors (Lipinski definition) is 1. The van der Waals surface area contributed by atoms with Crippen molar-refractivity contribution in [2.45, 2.75) is 39.2 Å². The average Bonchev–Trinajstić information content (AvgIpc) is 2.20. The standard InChI is InChI=1S/C14H20BrNO/c1-11-4-6-12(7-5-11)10-13(17)16-14(2,3)8-9-15/h4-7H,8-10H2,1-3H3,(H,16,17). The molecular weight excluding hydrogens is 278 g/mol. The Morgan fingerprint density at radius 3 is 2.41 bits per heavy atom. The Balaban J connectivity index is 2.52. The van der Waals surface area contributed by atoms with Gasteiger partial charge < -0.3 is 5.32 Å². The third-order valence-corrected chi connectivity index (χ3v) is 3.08. The lowest BCUT2D eigenvalue weighted by Gasteiger charge is -2.25. The maximum Gasteiger partial charge on any atom is 0.224 e. The van der Waals surface area contributed by atoms with Crippen molar-refractivity contribution in [2.24, 2.45) is 0 Å². The van der Waals surface area contributed by atoms with Crippen molar-refractivity contribution in [2.75, 3.05) is 5.33 Å². The van der Waals surface area contributed by atoms with E-state index in [9.17, 15) is 4.79 Å². The van der Waals surface area contributed by atoms with Gasteiger partial charge in [0.1, 0.15) is 0 Å². The summed E-state index contributed by atoms with van der Waals surface area (Å²) in [4.78, 5) is 11.9. The molecule has 1 aromatic rings. The zero-order valence-corrected chi connectivity index (χ0v) is 12.3. The van der Waals surface area contributed by atoms with Crippen LogP contribution in [-0.2, 0) is 11.2 Å². The number of carbonyl (C=O) groups is 1. The Labute approximate surface area is 112 Å². The summed E-state index contributed by atoms with van der Waals surface area (Å²) < 4.78 is 0. The van der Waals surface area contributed by atoms with E-state index in [2.05, 4.69) is 21.2 Å². The predicted octanol–water partition coefficient (Wildman–Crippen LogP) is 3.22. The average molecular weight is 298 g/mol. The Morgan fingerprint density at radius 2 is 1.88 bits per heavy atom. The van der Waals surface area contributed by atoms with Crippen LogP contribution in [-0.4, -0.2) is 16.8 Å². The summed E-state index contributed by atoms with van der Waals surface area (Å²) in [5.41, 5.74) is 2.13. The monoisotopic (exact) mass is 297 g/mol. The summed E-state index contributed by atoms with van der Waals surface area (Å²) in [5.74, 6) is 0.0832. The first-order chi connectivity index (χ1) is 7.93. The van der Waals surface area contributed by atoms with E-state index in [0.717, 1.165) is 17.3 Å². The lowest BCUT2D eigenvalue weighted by Crippen LogP contribution is -2.44. The van der Waals surface area contributed by atoms with Gasteiger partial charge in [-0.2, -0.15) is 0 Å². The van der Waals surface area contributed by atoms with Crippen molar-refractivity contribution in [3.05, 3.63) is 35.4 Å². The van der Waals surface area contributed by atoms with Crippen molar-refractivity contribution in [1.29, 1.82) is 0 Å². The Hall–Kier alpha value is -0.830. The van der Waals surface area contributed by atoms with Crippen LogP contribution in [0.1, 0.15) is 31.4 Å². The van der Waals surface area contributed by atoms with E-state index in [1.165, 1.54) is 5.56 Å². The molecular formula is C14H20BrNO. The molecule has 0 aliphatic rings. The zero-order valence-electron chi connectivity index (χ0n) is 10.7. The third kappa shape index (κ3) is 5.35. The van der Waals surface area contributed by atoms with Crippen molar-refractivity contribution >= 4 is 21.8 Å². The number of benzene rings is 1. The van der Waals surface area contributed by atoms with Crippen molar-refractivity contribution in [3.63, 3.8) is 0 Å². The van der Waals surface area contributed by atoms with E-state index in [1.54, 1.807) is 0 Å². The van der Waals surface area contributed by atoms with Crippen LogP contribution in [0.4, 0.5) is 0 Å². The maximum atomic E-state index is 11.9. The van der Waals surface area contributed by atoms with E-state index in [4.69, 9.17) is 0 Å². The fourth-order valence-electron chi connectivity index (χ4n) is 1.61. The molecule has 3 heteroatoms. The molecule has 0 bridgehead atoms. The highest BCUT2D eigenvalue weighted by Crippen LogP contribution is 2.11. The summed E-state index contributed by atoms with van der Waals surface area (Å²) in [7, 11) is 0. The molecule has 0 aliphatic carbocycles. The van der Waals surface area contributed by atoms with Gasteiger partial charge in [-0.05, 0) is 32.8 Å². The molecule has 0 saturated heterocycles. The molecule has 1 aromatic carbocycles. The fourth-order valence-corrected chi connectivity index (χ4v) is 2.60. The van der Waals surface area contributed by atoms with Gasteiger partial charge >= 0.3 is 0 Å². The van der Waals surface area contributed by atoms with E-state index in [0.29, 0.717) is 6.42 Å². The van der Waals surface area contributed by atoms with Crippen LogP contribution >= 0.6 is 15.9 Å². The number of aryl methyl sites for hydroxylation is 1. The minimum absolute atomic E-state index is 0.0832. The highest BCUT2D eigenvalue weighted by Gasteiger charge is 2.19. The molecule has 0 unspecified atom stereocenters. The highest BCUT2D eigenvalue weighted by molar-refractivity contribution is 9.09. The molecule has 1 amide bonds. The fraction of sp³-hybridized carbons (Fsp3) is 0.500. The Kier molecular flexibility index (Phi) is 5.19. The normalized spacial score (nSPS) is 11.3. The van der Waals surface area contributed by atoms with Gasteiger partial charge in [-0.15, -0.1) is 0 Å². The highest BCUT2D eigenvalue weighted by atomic mass is 79.9. The number of carbonyl (C=O) groups excluding carboxylic acids is 1. The molecule has 0 spiro atoms. The smallest absolute Gasteiger partial charge is 0.224 e. The van der Waals surface area contributed by atoms with Crippen LogP contribution < -0.4 is 5.32 Å². The Bertz CT molecular complexity index is 370. The van der Waals surface area contributed by atoms with Gasteiger partial charge in [0.25, 0.3) is 0 Å². The maximum absolute atomic E-state index is 11.9. The van der Waals surface area contributed by atoms with Gasteiger partial charge in [-0.1, -0.05) is 45.8 Å². The lowest BCUT2D eigenvalue weighted by atomic mass is 10.0. The second-order valence-electron chi connectivity index (χ2n) is 5.03. The van der Waals surface area contributed by atoms with Crippen molar-refractivity contribution < 1.29 is 4.79 Å². The number of hydrogen-bond donors (Lipinski definition) is 1. The Morgan fingerprint density at radius 1 is 1.29 bits per heavy atom. The van der Waals surface area contributed by atoms with Gasteiger partial charge in [0.15, 0.2) is 0 Å². The largest absolute Gasteiger partial charge is 0.351 e. The molecule has 0 aliphatic heterocycles. The van der Waals surface area contributed by atoms with Gasteiger partial charge in [0.2, 0.25) is 5.91 Å². The topological polar surface area (TPSA) is 29.1 Å². The summed E-state index contributed by atoms with van der Waals surface area (Å²) in [6.07, 6.45) is 1.37. The molecule has 17 heavy (non-hydrogen) atoms. The first-order valence-electron chi connectivity index (χ1n) is 5.85. The van der Waals surface area contributed by atoms with Gasteiger partial charge in [0.05, 0.1) is 6.42 Å². The van der Waals surface area contributed by atoms with Crippen molar-refractivity contribution in [3.8, 4) is 0 Å². The molecule has 0 heterocycles. The predicted molar refractivity (Wildman–Crippen MR) is 75.5 cm³/mol. The summed E-state index contributed by atoms with van der Waals surface area (Å²) in [6, 6.07) is 8.08. The molecule has 2 nitrogen and oxygen atoms in total. The summed E-state index contributed by atoms with van der Waals surface area (Å²) in [5, 5.41) is 3.95. The molecule has 1 N–H and O–H groups in total. The van der Waals surface area contributed by atoms with Crippen LogP contribution in [0.5, 0.6) is 0 Å². The summed E-state index contributed by atoms with van der Waals surface area (Å²) >= 11 is 3.40. The minimum Gasteiger partial charge on any atom is -0.351 e. The SMILES string of the molecule is Cc1ccc(CC(=O)NC(C)(C)CCBr)cc1. The van der Waals surface area contributed by atoms with Gasteiger partial charge in [-0.3, -0.25) is 4.79 Å². The molecule has 0 radical (unpaired) electrons. The van der Waals surface area contributed by atoms with Crippen LogP contribution in [0.25, 0.3) is 0 Å². The molecule has 94 valence electrons. The number of alkyl halides is 1. The molecule has 0 fully saturated rings. The number of amides is 1. The van der Waals surface area contributed by atoms with E-state index < -0.39 is 0 Å². The van der Waals surface area contributed by atoms with Crippen LogP contribution in [0.3, 0.4) is 0 Å². The van der Waals surface area contributed by atoms with E-state index >= 15 is 0 Å². The molecule has 0 saturated carbocycles. The van der Waals surface area contributed by atoms with Crippen LogP contribution in [0.15, 0.2) is 24.3 Å². The van der Waals surface area contributed by atoms with E-state index in [1.807, 2.05) is 45.0 Å². The second-order valence-corrected chi connectivity index (χ2v) is 5.83. The number of rotatable bonds is 5. The van der Waals surface area contributed by atoms with Crippen LogP contribution in [0, 0.1) is 6.92 Å². The van der Waals surface area contributed by atoms with Crippen molar-refractivity contribution in [1.82, 2.24) is 5.32 Å². The first kappa shape index (κ1) is 14.2. The van der Waals surface area contributed by atoms with E-state index in [-0.39, 0.29) is 11.4 Å². The quantitative estimate of drug-likeness (QED) is 0.831. The summed E-state index contributed by atoms with van der Waals surface area (Å²) in [6.45, 7) is 6.13. The molecule has 0 aromatic heterocycles. The van der Waals surface area contributed by atoms with Gasteiger partial charge in [0, 0.05) is 10.9 Å². The first-order valence-corrected chi connectivity index (χ1v) is 6.97. The third-order valence-electron chi connectivity index (χ3n) is 2.68. The van der Waals surface area contributed by atoms with Gasteiger partial charge in [-0.25, -0.2) is 0 Å². The second kappa shape index (κ2) is 6.20. The minimum atomic E-state index is -0.148. The lowest BCUT2D eigenvalue weighted by molar-refractivity contribution is -0.122.